The molecule has 4 N–H and O–H groups in total. The van der Waals surface area contributed by atoms with Gasteiger partial charge in [-0.1, -0.05) is 26.0 Å². The number of carbonyl (C=O) groups excluding carboxylic acids is 1. The van der Waals surface area contributed by atoms with E-state index in [1.807, 2.05) is 18.2 Å². The summed E-state index contributed by atoms with van der Waals surface area (Å²) in [5, 5.41) is 22.0. The standard InChI is InChI=1S/C20H25N5O.C4H4O4/c1-13(2)14-4-3-5-17(6-14)23-20(26)18-9-22-10-19(24-18)25-11-15-7-21-8-16(15)12-25;5-3(6)1-2-4(7)8/h3-6,9-10,13,15-16,21H,7-8,11-12H2,1-2H3,(H,23,26);1-2H,(H,5,6)(H,7,8)/b;2-1+/t15-,16+;. The van der Waals surface area contributed by atoms with E-state index in [0.29, 0.717) is 35.6 Å². The molecular weight excluding hydrogens is 438 g/mol. The number of carbonyl (C=O) groups is 3. The van der Waals surface area contributed by atoms with Crippen LogP contribution in [0.25, 0.3) is 0 Å². The monoisotopic (exact) mass is 467 g/mol. The van der Waals surface area contributed by atoms with Gasteiger partial charge in [-0.05, 0) is 35.4 Å². The van der Waals surface area contributed by atoms with Gasteiger partial charge in [-0.15, -0.1) is 0 Å². The summed E-state index contributed by atoms with van der Waals surface area (Å²) in [6, 6.07) is 7.94. The van der Waals surface area contributed by atoms with Crippen LogP contribution in [-0.4, -0.2) is 64.2 Å². The molecule has 10 heteroatoms. The minimum absolute atomic E-state index is 0.221. The van der Waals surface area contributed by atoms with E-state index in [4.69, 9.17) is 10.2 Å². The molecule has 0 unspecified atom stereocenters. The molecule has 180 valence electrons. The predicted molar refractivity (Wildman–Crippen MR) is 127 cm³/mol. The fraction of sp³-hybridized carbons (Fsp3) is 0.375. The van der Waals surface area contributed by atoms with Crippen molar-refractivity contribution in [3.63, 3.8) is 0 Å². The highest BCUT2D eigenvalue weighted by molar-refractivity contribution is 6.02. The Morgan fingerprint density at radius 1 is 1.09 bits per heavy atom. The number of aliphatic carboxylic acids is 2. The zero-order valence-electron chi connectivity index (χ0n) is 19.1. The Morgan fingerprint density at radius 2 is 1.74 bits per heavy atom. The molecule has 1 aromatic heterocycles. The summed E-state index contributed by atoms with van der Waals surface area (Å²) in [5.41, 5.74) is 2.34. The van der Waals surface area contributed by atoms with Crippen LogP contribution in [0.1, 0.15) is 35.8 Å². The molecule has 2 aliphatic heterocycles. The second-order valence-corrected chi connectivity index (χ2v) is 8.59. The highest BCUT2D eigenvalue weighted by Crippen LogP contribution is 2.29. The van der Waals surface area contributed by atoms with Crippen molar-refractivity contribution < 1.29 is 24.6 Å². The summed E-state index contributed by atoms with van der Waals surface area (Å²) in [6.45, 7) is 8.37. The third kappa shape index (κ3) is 6.85. The van der Waals surface area contributed by atoms with Gasteiger partial charge in [0.15, 0.2) is 0 Å². The van der Waals surface area contributed by atoms with E-state index in [0.717, 1.165) is 37.7 Å². The molecule has 2 fully saturated rings. The molecule has 2 saturated heterocycles. The molecule has 0 saturated carbocycles. The first-order valence-corrected chi connectivity index (χ1v) is 11.1. The Kier molecular flexibility index (Phi) is 8.31. The van der Waals surface area contributed by atoms with Crippen molar-refractivity contribution in [2.24, 2.45) is 11.8 Å². The fourth-order valence-corrected chi connectivity index (χ4v) is 3.97. The maximum atomic E-state index is 12.6. The zero-order valence-corrected chi connectivity index (χ0v) is 19.1. The van der Waals surface area contributed by atoms with Gasteiger partial charge < -0.3 is 25.7 Å². The van der Waals surface area contributed by atoms with Gasteiger partial charge in [0.05, 0.1) is 12.4 Å². The van der Waals surface area contributed by atoms with Crippen molar-refractivity contribution in [1.29, 1.82) is 0 Å². The molecular formula is C24H29N5O5. The minimum atomic E-state index is -1.26. The Hall–Kier alpha value is -3.79. The molecule has 4 rings (SSSR count). The fourth-order valence-electron chi connectivity index (χ4n) is 3.97. The molecule has 2 aromatic rings. The molecule has 1 amide bonds. The highest BCUT2D eigenvalue weighted by Gasteiger charge is 2.36. The van der Waals surface area contributed by atoms with Crippen molar-refractivity contribution >= 4 is 29.4 Å². The molecule has 2 aliphatic rings. The molecule has 10 nitrogen and oxygen atoms in total. The number of hydrogen-bond donors (Lipinski definition) is 4. The first-order chi connectivity index (χ1) is 16.2. The lowest BCUT2D eigenvalue weighted by Gasteiger charge is -2.18. The lowest BCUT2D eigenvalue weighted by molar-refractivity contribution is -0.134. The Balaban J connectivity index is 0.000000350. The third-order valence-electron chi connectivity index (χ3n) is 5.75. The number of carboxylic acid groups (broad SMARTS) is 2. The molecule has 1 aromatic carbocycles. The van der Waals surface area contributed by atoms with E-state index < -0.39 is 11.9 Å². The van der Waals surface area contributed by atoms with Crippen LogP contribution in [0.3, 0.4) is 0 Å². The van der Waals surface area contributed by atoms with Gasteiger partial charge in [-0.3, -0.25) is 9.78 Å². The van der Waals surface area contributed by atoms with Crippen molar-refractivity contribution in [3.8, 4) is 0 Å². The number of rotatable bonds is 6. The van der Waals surface area contributed by atoms with Crippen molar-refractivity contribution in [3.05, 3.63) is 60.1 Å². The third-order valence-corrected chi connectivity index (χ3v) is 5.75. The van der Waals surface area contributed by atoms with E-state index in [1.165, 1.54) is 11.8 Å². The van der Waals surface area contributed by atoms with Gasteiger partial charge in [-0.2, -0.15) is 0 Å². The van der Waals surface area contributed by atoms with Crippen LogP contribution in [0.15, 0.2) is 48.8 Å². The number of carboxylic acids is 2. The summed E-state index contributed by atoms with van der Waals surface area (Å²) < 4.78 is 0. The Labute approximate surface area is 197 Å². The number of aromatic nitrogens is 2. The van der Waals surface area contributed by atoms with Crippen LogP contribution in [-0.2, 0) is 9.59 Å². The number of benzene rings is 1. The molecule has 3 heterocycles. The zero-order chi connectivity index (χ0) is 24.7. The van der Waals surface area contributed by atoms with Crippen LogP contribution in [0.2, 0.25) is 0 Å². The topological polar surface area (TPSA) is 145 Å². The molecule has 0 aliphatic carbocycles. The second-order valence-electron chi connectivity index (χ2n) is 8.59. The van der Waals surface area contributed by atoms with Crippen LogP contribution >= 0.6 is 0 Å². The summed E-state index contributed by atoms with van der Waals surface area (Å²) in [6.07, 6.45) is 4.40. The Bertz CT molecular complexity index is 1040. The number of nitrogens with zero attached hydrogens (tertiary/aromatic N) is 3. The number of fused-ring (bicyclic) bond motifs is 1. The Morgan fingerprint density at radius 3 is 2.32 bits per heavy atom. The summed E-state index contributed by atoms with van der Waals surface area (Å²) in [5.74, 6) is -0.177. The molecule has 34 heavy (non-hydrogen) atoms. The van der Waals surface area contributed by atoms with Crippen LogP contribution < -0.4 is 15.5 Å². The lowest BCUT2D eigenvalue weighted by Crippen LogP contribution is -2.27. The van der Waals surface area contributed by atoms with E-state index >= 15 is 0 Å². The molecule has 0 radical (unpaired) electrons. The van der Waals surface area contributed by atoms with Gasteiger partial charge in [0.2, 0.25) is 0 Å². The number of hydrogen-bond acceptors (Lipinski definition) is 7. The first-order valence-electron chi connectivity index (χ1n) is 11.1. The smallest absolute Gasteiger partial charge is 0.328 e. The summed E-state index contributed by atoms with van der Waals surface area (Å²) >= 11 is 0. The van der Waals surface area contributed by atoms with Gasteiger partial charge in [0.25, 0.3) is 5.91 Å². The largest absolute Gasteiger partial charge is 0.478 e. The summed E-state index contributed by atoms with van der Waals surface area (Å²) in [7, 11) is 0. The lowest BCUT2D eigenvalue weighted by atomic mass is 10.0. The van der Waals surface area contributed by atoms with Gasteiger partial charge in [0.1, 0.15) is 11.5 Å². The number of amides is 1. The van der Waals surface area contributed by atoms with Gasteiger partial charge in [-0.25, -0.2) is 14.6 Å². The van der Waals surface area contributed by atoms with Crippen molar-refractivity contribution in [2.75, 3.05) is 36.4 Å². The quantitative estimate of drug-likeness (QED) is 0.470. The molecule has 2 atom stereocenters. The van der Waals surface area contributed by atoms with E-state index in [1.54, 1.807) is 6.20 Å². The average Bonchev–Trinajstić information content (AvgIpc) is 3.41. The maximum absolute atomic E-state index is 12.6. The average molecular weight is 468 g/mol. The summed E-state index contributed by atoms with van der Waals surface area (Å²) in [4.78, 5) is 42.8. The first kappa shape index (κ1) is 24.8. The van der Waals surface area contributed by atoms with Crippen LogP contribution in [0.4, 0.5) is 11.5 Å². The van der Waals surface area contributed by atoms with E-state index in [9.17, 15) is 14.4 Å². The van der Waals surface area contributed by atoms with Gasteiger partial charge >= 0.3 is 11.9 Å². The van der Waals surface area contributed by atoms with Crippen LogP contribution in [0, 0.1) is 11.8 Å². The van der Waals surface area contributed by atoms with E-state index in [-0.39, 0.29) is 5.91 Å². The van der Waals surface area contributed by atoms with Crippen molar-refractivity contribution in [1.82, 2.24) is 15.3 Å². The van der Waals surface area contributed by atoms with Crippen LogP contribution in [0.5, 0.6) is 0 Å². The van der Waals surface area contributed by atoms with Gasteiger partial charge in [0, 0.05) is 44.0 Å². The SMILES string of the molecule is CC(C)c1cccc(NC(=O)c2cncc(N3C[C@H]4CNC[C@H]4C3)n2)c1.O=C(O)/C=C/C(=O)O. The second kappa shape index (κ2) is 11.4. The maximum Gasteiger partial charge on any atom is 0.328 e. The number of nitrogens with one attached hydrogen (secondary N) is 2. The number of anilines is 2. The molecule has 0 bridgehead atoms. The van der Waals surface area contributed by atoms with E-state index in [2.05, 4.69) is 45.4 Å². The minimum Gasteiger partial charge on any atom is -0.478 e. The highest BCUT2D eigenvalue weighted by atomic mass is 16.4. The van der Waals surface area contributed by atoms with Crippen molar-refractivity contribution in [2.45, 2.75) is 19.8 Å². The molecule has 0 spiro atoms. The predicted octanol–water partition coefficient (Wildman–Crippen LogP) is 2.22. The normalized spacial score (nSPS) is 19.0.